The standard InChI is InChI=1S/C12H11ClFN3O2S/c1-15-10-5-6-16-7-11(10)20(18,19)17-12-8(13)3-2-4-9(12)14/h2-7,17H,1H3,(H,15,16). The summed E-state index contributed by atoms with van der Waals surface area (Å²) in [6, 6.07) is 5.40. The first-order valence-corrected chi connectivity index (χ1v) is 7.40. The van der Waals surface area contributed by atoms with Crippen molar-refractivity contribution < 1.29 is 12.8 Å². The number of hydrogen-bond acceptors (Lipinski definition) is 4. The van der Waals surface area contributed by atoms with Crippen LogP contribution in [0.3, 0.4) is 0 Å². The zero-order chi connectivity index (χ0) is 14.8. The van der Waals surface area contributed by atoms with Gasteiger partial charge in [-0.1, -0.05) is 17.7 Å². The van der Waals surface area contributed by atoms with E-state index in [1.807, 2.05) is 0 Å². The summed E-state index contributed by atoms with van der Waals surface area (Å²) in [7, 11) is -2.43. The molecular formula is C12H11ClFN3O2S. The minimum absolute atomic E-state index is 0.0246. The van der Waals surface area contributed by atoms with Gasteiger partial charge in [0.15, 0.2) is 0 Å². The van der Waals surface area contributed by atoms with Crippen LogP contribution in [0.25, 0.3) is 0 Å². The van der Waals surface area contributed by atoms with Crippen LogP contribution in [0.15, 0.2) is 41.6 Å². The second kappa shape index (κ2) is 5.64. The molecule has 0 aliphatic carbocycles. The van der Waals surface area contributed by atoms with Crippen LogP contribution in [0, 0.1) is 5.82 Å². The summed E-state index contributed by atoms with van der Waals surface area (Å²) in [5.74, 6) is -0.754. The van der Waals surface area contributed by atoms with Crippen molar-refractivity contribution in [2.24, 2.45) is 0 Å². The molecule has 0 aliphatic heterocycles. The van der Waals surface area contributed by atoms with Crippen molar-refractivity contribution in [3.8, 4) is 0 Å². The molecule has 2 aromatic rings. The molecule has 0 bridgehead atoms. The van der Waals surface area contributed by atoms with Gasteiger partial charge in [-0.2, -0.15) is 0 Å². The Labute approximate surface area is 120 Å². The lowest BCUT2D eigenvalue weighted by Crippen LogP contribution is -2.16. The predicted octanol–water partition coefficient (Wildman–Crippen LogP) is 2.72. The fourth-order valence-corrected chi connectivity index (χ4v) is 3.10. The van der Waals surface area contributed by atoms with E-state index in [4.69, 9.17) is 11.6 Å². The van der Waals surface area contributed by atoms with E-state index >= 15 is 0 Å². The Bertz CT molecular complexity index is 717. The van der Waals surface area contributed by atoms with Gasteiger partial charge in [0.1, 0.15) is 16.4 Å². The molecule has 0 atom stereocenters. The highest BCUT2D eigenvalue weighted by Gasteiger charge is 2.21. The summed E-state index contributed by atoms with van der Waals surface area (Å²) in [6.07, 6.45) is 2.61. The van der Waals surface area contributed by atoms with Crippen LogP contribution in [0.5, 0.6) is 0 Å². The largest absolute Gasteiger partial charge is 0.387 e. The molecule has 2 rings (SSSR count). The van der Waals surface area contributed by atoms with Gasteiger partial charge in [0.05, 0.1) is 10.7 Å². The fourth-order valence-electron chi connectivity index (χ4n) is 1.59. The number of aromatic nitrogens is 1. The van der Waals surface area contributed by atoms with Gasteiger partial charge in [-0.3, -0.25) is 9.71 Å². The van der Waals surface area contributed by atoms with Crippen LogP contribution in [0.1, 0.15) is 0 Å². The van der Waals surface area contributed by atoms with Crippen molar-refractivity contribution in [2.75, 3.05) is 17.1 Å². The molecule has 0 saturated carbocycles. The maximum atomic E-state index is 13.6. The Morgan fingerprint density at radius 2 is 2.05 bits per heavy atom. The Morgan fingerprint density at radius 3 is 2.70 bits per heavy atom. The molecule has 1 aromatic carbocycles. The van der Waals surface area contributed by atoms with Crippen LogP contribution in [-0.4, -0.2) is 20.4 Å². The monoisotopic (exact) mass is 315 g/mol. The molecular weight excluding hydrogens is 305 g/mol. The lowest BCUT2D eigenvalue weighted by molar-refractivity contribution is 0.598. The fraction of sp³-hybridized carbons (Fsp3) is 0.0833. The normalized spacial score (nSPS) is 11.2. The van der Waals surface area contributed by atoms with Crippen molar-refractivity contribution in [1.29, 1.82) is 0 Å². The van der Waals surface area contributed by atoms with Crippen molar-refractivity contribution in [3.05, 3.63) is 47.5 Å². The van der Waals surface area contributed by atoms with E-state index in [0.717, 1.165) is 6.07 Å². The third kappa shape index (κ3) is 2.83. The maximum absolute atomic E-state index is 13.6. The lowest BCUT2D eigenvalue weighted by atomic mass is 10.3. The predicted molar refractivity (Wildman–Crippen MR) is 76.0 cm³/mol. The first-order chi connectivity index (χ1) is 9.45. The van der Waals surface area contributed by atoms with Crippen LogP contribution in [-0.2, 0) is 10.0 Å². The Kier molecular flexibility index (Phi) is 4.10. The van der Waals surface area contributed by atoms with Gasteiger partial charge < -0.3 is 5.32 Å². The summed E-state index contributed by atoms with van der Waals surface area (Å²) >= 11 is 5.80. The van der Waals surface area contributed by atoms with Gasteiger partial charge in [0.2, 0.25) is 0 Å². The van der Waals surface area contributed by atoms with Crippen LogP contribution < -0.4 is 10.0 Å². The van der Waals surface area contributed by atoms with Crippen molar-refractivity contribution in [3.63, 3.8) is 0 Å². The highest BCUT2D eigenvalue weighted by Crippen LogP contribution is 2.28. The first kappa shape index (κ1) is 14.5. The van der Waals surface area contributed by atoms with Crippen LogP contribution in [0.4, 0.5) is 15.8 Å². The second-order valence-electron chi connectivity index (χ2n) is 3.82. The number of benzene rings is 1. The molecule has 0 saturated heterocycles. The average Bonchev–Trinajstić information content (AvgIpc) is 2.43. The van der Waals surface area contributed by atoms with Crippen LogP contribution >= 0.6 is 11.6 Å². The molecule has 1 heterocycles. The van der Waals surface area contributed by atoms with E-state index in [1.165, 1.54) is 30.6 Å². The van der Waals surface area contributed by atoms with E-state index in [-0.39, 0.29) is 15.6 Å². The molecule has 0 aliphatic rings. The summed E-state index contributed by atoms with van der Waals surface area (Å²) in [5, 5.41) is 2.71. The summed E-state index contributed by atoms with van der Waals surface area (Å²) in [4.78, 5) is 3.66. The third-order valence-electron chi connectivity index (χ3n) is 2.54. The number of sulfonamides is 1. The summed E-state index contributed by atoms with van der Waals surface area (Å²) in [6.45, 7) is 0. The molecule has 20 heavy (non-hydrogen) atoms. The molecule has 5 nitrogen and oxygen atoms in total. The van der Waals surface area contributed by atoms with Crippen LogP contribution in [0.2, 0.25) is 5.02 Å². The number of pyridine rings is 1. The molecule has 0 amide bonds. The molecule has 0 fully saturated rings. The smallest absolute Gasteiger partial charge is 0.265 e. The second-order valence-corrected chi connectivity index (χ2v) is 5.88. The number of anilines is 2. The SMILES string of the molecule is CNc1ccncc1S(=O)(=O)Nc1c(F)cccc1Cl. The van der Waals surface area contributed by atoms with Gasteiger partial charge in [-0.25, -0.2) is 12.8 Å². The Morgan fingerprint density at radius 1 is 1.30 bits per heavy atom. The minimum atomic E-state index is -4.00. The van der Waals surface area contributed by atoms with Crippen molar-refractivity contribution in [2.45, 2.75) is 4.90 Å². The molecule has 2 N–H and O–H groups in total. The lowest BCUT2D eigenvalue weighted by Gasteiger charge is -2.12. The van der Waals surface area contributed by atoms with Gasteiger partial charge in [0, 0.05) is 19.4 Å². The number of nitrogens with zero attached hydrogens (tertiary/aromatic N) is 1. The Balaban J connectivity index is 2.47. The molecule has 8 heteroatoms. The van der Waals surface area contributed by atoms with Gasteiger partial charge in [-0.05, 0) is 18.2 Å². The van der Waals surface area contributed by atoms with Gasteiger partial charge >= 0.3 is 0 Å². The third-order valence-corrected chi connectivity index (χ3v) is 4.23. The number of nitrogens with one attached hydrogen (secondary N) is 2. The molecule has 1 aromatic heterocycles. The first-order valence-electron chi connectivity index (χ1n) is 5.54. The van der Waals surface area contributed by atoms with E-state index in [0.29, 0.717) is 5.69 Å². The van der Waals surface area contributed by atoms with E-state index in [1.54, 1.807) is 7.05 Å². The molecule has 0 spiro atoms. The summed E-state index contributed by atoms with van der Waals surface area (Å²) in [5.41, 5.74) is 0.0556. The summed E-state index contributed by atoms with van der Waals surface area (Å²) < 4.78 is 40.3. The minimum Gasteiger partial charge on any atom is -0.387 e. The molecule has 0 unspecified atom stereocenters. The van der Waals surface area contributed by atoms with Crippen molar-refractivity contribution >= 4 is 33.0 Å². The average molecular weight is 316 g/mol. The number of halogens is 2. The van der Waals surface area contributed by atoms with Gasteiger partial charge in [0.25, 0.3) is 10.0 Å². The molecule has 106 valence electrons. The highest BCUT2D eigenvalue weighted by atomic mass is 35.5. The van der Waals surface area contributed by atoms with E-state index < -0.39 is 15.8 Å². The van der Waals surface area contributed by atoms with E-state index in [2.05, 4.69) is 15.0 Å². The topological polar surface area (TPSA) is 71.1 Å². The molecule has 0 radical (unpaired) electrons. The number of rotatable bonds is 4. The van der Waals surface area contributed by atoms with Gasteiger partial charge in [-0.15, -0.1) is 0 Å². The maximum Gasteiger partial charge on any atom is 0.265 e. The van der Waals surface area contributed by atoms with E-state index in [9.17, 15) is 12.8 Å². The van der Waals surface area contributed by atoms with Crippen molar-refractivity contribution in [1.82, 2.24) is 4.98 Å². The quantitative estimate of drug-likeness (QED) is 0.910. The number of para-hydroxylation sites is 1. The highest BCUT2D eigenvalue weighted by molar-refractivity contribution is 7.92. The zero-order valence-corrected chi connectivity index (χ0v) is 12.0. The Hall–Kier alpha value is -1.86. The number of hydrogen-bond donors (Lipinski definition) is 2. The zero-order valence-electron chi connectivity index (χ0n) is 10.4.